The van der Waals surface area contributed by atoms with Crippen LogP contribution in [-0.2, 0) is 20.9 Å². The van der Waals surface area contributed by atoms with Gasteiger partial charge in [-0.1, -0.05) is 42.5 Å². The highest BCUT2D eigenvalue weighted by Gasteiger charge is 2.31. The summed E-state index contributed by atoms with van der Waals surface area (Å²) in [5.41, 5.74) is 0.822. The first-order valence-electron chi connectivity index (χ1n) is 10.1. The van der Waals surface area contributed by atoms with E-state index < -0.39 is 23.5 Å². The number of para-hydroxylation sites is 1. The summed E-state index contributed by atoms with van der Waals surface area (Å²) in [4.78, 5) is 39.2. The predicted octanol–water partition coefficient (Wildman–Crippen LogP) is 3.18. The molecular formula is C24H30N2O5. The molecule has 0 aliphatic heterocycles. The Balaban J connectivity index is 1.96. The van der Waals surface area contributed by atoms with Crippen LogP contribution < -0.4 is 10.1 Å². The van der Waals surface area contributed by atoms with E-state index in [1.54, 1.807) is 29.2 Å². The fraction of sp³-hybridized carbons (Fsp3) is 0.375. The number of hydrogen-bond donors (Lipinski definition) is 1. The van der Waals surface area contributed by atoms with Crippen LogP contribution in [0.3, 0.4) is 0 Å². The first-order valence-corrected chi connectivity index (χ1v) is 10.1. The lowest BCUT2D eigenvalue weighted by molar-refractivity contribution is -0.161. The zero-order chi connectivity index (χ0) is 23.0. The molecule has 7 heteroatoms. The number of nitrogens with zero attached hydrogens (tertiary/aromatic N) is 1. The Kier molecular flexibility index (Phi) is 8.19. The van der Waals surface area contributed by atoms with Crippen LogP contribution in [0.15, 0.2) is 54.6 Å². The van der Waals surface area contributed by atoms with Gasteiger partial charge in [-0.25, -0.2) is 0 Å². The molecule has 0 aliphatic carbocycles. The van der Waals surface area contributed by atoms with Crippen LogP contribution in [-0.4, -0.2) is 48.0 Å². The molecule has 0 radical (unpaired) electrons. The van der Waals surface area contributed by atoms with Gasteiger partial charge in [0.2, 0.25) is 0 Å². The van der Waals surface area contributed by atoms with Gasteiger partial charge in [0.15, 0.2) is 6.10 Å². The van der Waals surface area contributed by atoms with E-state index in [1.165, 1.54) is 14.0 Å². The maximum Gasteiger partial charge on any atom is 0.326 e. The van der Waals surface area contributed by atoms with Gasteiger partial charge in [-0.3, -0.25) is 14.4 Å². The monoisotopic (exact) mass is 426 g/mol. The summed E-state index contributed by atoms with van der Waals surface area (Å²) >= 11 is 0. The van der Waals surface area contributed by atoms with E-state index in [0.29, 0.717) is 17.9 Å². The zero-order valence-corrected chi connectivity index (χ0v) is 18.7. The molecule has 0 unspecified atom stereocenters. The second-order valence-corrected chi connectivity index (χ2v) is 8.10. The highest BCUT2D eigenvalue weighted by atomic mass is 16.5. The van der Waals surface area contributed by atoms with Gasteiger partial charge in [0.25, 0.3) is 11.8 Å². The number of rotatable bonds is 8. The highest BCUT2D eigenvalue weighted by molar-refractivity contribution is 5.98. The van der Waals surface area contributed by atoms with E-state index in [0.717, 1.165) is 5.56 Å². The summed E-state index contributed by atoms with van der Waals surface area (Å²) in [7, 11) is 1.46. The molecule has 0 aliphatic rings. The summed E-state index contributed by atoms with van der Waals surface area (Å²) in [5.74, 6) is -1.06. The number of ether oxygens (including phenoxy) is 2. The maximum absolute atomic E-state index is 13.0. The molecule has 0 bridgehead atoms. The number of methoxy groups -OCH3 is 1. The average Bonchev–Trinajstić information content (AvgIpc) is 2.75. The van der Waals surface area contributed by atoms with Gasteiger partial charge in [-0.2, -0.15) is 0 Å². The molecule has 0 saturated carbocycles. The first kappa shape index (κ1) is 23.9. The summed E-state index contributed by atoms with van der Waals surface area (Å²) < 4.78 is 10.4. The Labute approximate surface area is 183 Å². The summed E-state index contributed by atoms with van der Waals surface area (Å²) in [6.07, 6.45) is -0.987. The Hall–Kier alpha value is -3.35. The molecule has 1 atom stereocenters. The lowest BCUT2D eigenvalue weighted by Gasteiger charge is -2.37. The van der Waals surface area contributed by atoms with Crippen LogP contribution >= 0.6 is 0 Å². The van der Waals surface area contributed by atoms with Crippen LogP contribution in [0.25, 0.3) is 0 Å². The lowest BCUT2D eigenvalue weighted by Crippen LogP contribution is -2.50. The fourth-order valence-corrected chi connectivity index (χ4v) is 3.00. The smallest absolute Gasteiger partial charge is 0.326 e. The summed E-state index contributed by atoms with van der Waals surface area (Å²) in [6.45, 7) is 7.35. The molecule has 2 amide bonds. The third-order valence-electron chi connectivity index (χ3n) is 4.66. The van der Waals surface area contributed by atoms with E-state index in [4.69, 9.17) is 9.47 Å². The van der Waals surface area contributed by atoms with Crippen molar-refractivity contribution in [2.75, 3.05) is 13.7 Å². The Morgan fingerprint density at radius 3 is 2.23 bits per heavy atom. The molecule has 0 fully saturated rings. The molecule has 7 nitrogen and oxygen atoms in total. The Morgan fingerprint density at radius 2 is 1.61 bits per heavy atom. The Morgan fingerprint density at radius 1 is 1.00 bits per heavy atom. The topological polar surface area (TPSA) is 84.9 Å². The molecule has 1 N–H and O–H groups in total. The zero-order valence-electron chi connectivity index (χ0n) is 18.7. The molecular weight excluding hydrogens is 396 g/mol. The van der Waals surface area contributed by atoms with E-state index >= 15 is 0 Å². The minimum absolute atomic E-state index is 0.305. The predicted molar refractivity (Wildman–Crippen MR) is 118 cm³/mol. The third kappa shape index (κ3) is 6.84. The third-order valence-corrected chi connectivity index (χ3v) is 4.66. The maximum atomic E-state index is 13.0. The molecule has 0 spiro atoms. The van der Waals surface area contributed by atoms with Crippen molar-refractivity contribution >= 4 is 17.8 Å². The van der Waals surface area contributed by atoms with Crippen molar-refractivity contribution in [3.63, 3.8) is 0 Å². The van der Waals surface area contributed by atoms with Crippen LogP contribution in [0.2, 0.25) is 0 Å². The standard InChI is InChI=1S/C24H30N2O5/c1-17(23(29)26(24(2,3)4)16-18-11-7-6-8-12-18)31-21(27)15-25-22(28)19-13-9-10-14-20(19)30-5/h6-14,17H,15-16H2,1-5H3,(H,25,28)/t17-/m1/s1. The van der Waals surface area contributed by atoms with E-state index in [9.17, 15) is 14.4 Å². The van der Waals surface area contributed by atoms with Crippen LogP contribution in [0.5, 0.6) is 5.75 Å². The minimum atomic E-state index is -0.987. The van der Waals surface area contributed by atoms with E-state index in [2.05, 4.69) is 5.32 Å². The van der Waals surface area contributed by atoms with Crippen molar-refractivity contribution in [3.8, 4) is 5.75 Å². The molecule has 2 aromatic rings. The number of amides is 2. The van der Waals surface area contributed by atoms with Gasteiger partial charge >= 0.3 is 5.97 Å². The van der Waals surface area contributed by atoms with Gasteiger partial charge in [0.1, 0.15) is 12.3 Å². The SMILES string of the molecule is COc1ccccc1C(=O)NCC(=O)O[C@H](C)C(=O)N(Cc1ccccc1)C(C)(C)C. The Bertz CT molecular complexity index is 906. The quantitative estimate of drug-likeness (QED) is 0.656. The number of carbonyl (C=O) groups is 3. The molecule has 2 aromatic carbocycles. The first-order chi connectivity index (χ1) is 14.6. The van der Waals surface area contributed by atoms with Gasteiger partial charge in [0.05, 0.1) is 12.7 Å². The van der Waals surface area contributed by atoms with Gasteiger partial charge in [0, 0.05) is 12.1 Å². The number of nitrogens with one attached hydrogen (secondary N) is 1. The lowest BCUT2D eigenvalue weighted by atomic mass is 10.0. The van der Waals surface area contributed by atoms with Crippen molar-refractivity contribution in [1.82, 2.24) is 10.2 Å². The molecule has 2 rings (SSSR count). The molecule has 0 aromatic heterocycles. The second-order valence-electron chi connectivity index (χ2n) is 8.10. The van der Waals surface area contributed by atoms with Gasteiger partial charge in [-0.15, -0.1) is 0 Å². The number of carbonyl (C=O) groups excluding carboxylic acids is 3. The van der Waals surface area contributed by atoms with Crippen LogP contribution in [0.4, 0.5) is 0 Å². The van der Waals surface area contributed by atoms with Crippen molar-refractivity contribution in [1.29, 1.82) is 0 Å². The van der Waals surface area contributed by atoms with Crippen LogP contribution in [0.1, 0.15) is 43.6 Å². The normalized spacial score (nSPS) is 11.9. The van der Waals surface area contributed by atoms with Crippen LogP contribution in [0, 0.1) is 0 Å². The number of benzene rings is 2. The van der Waals surface area contributed by atoms with E-state index in [1.807, 2.05) is 51.1 Å². The molecule has 166 valence electrons. The van der Waals surface area contributed by atoms with Crippen molar-refractivity contribution in [2.45, 2.75) is 45.9 Å². The van der Waals surface area contributed by atoms with Gasteiger partial charge < -0.3 is 19.7 Å². The second kappa shape index (κ2) is 10.6. The fourth-order valence-electron chi connectivity index (χ4n) is 3.00. The summed E-state index contributed by atoms with van der Waals surface area (Å²) in [6, 6.07) is 16.3. The van der Waals surface area contributed by atoms with Crippen molar-refractivity contribution in [2.24, 2.45) is 0 Å². The largest absolute Gasteiger partial charge is 0.496 e. The minimum Gasteiger partial charge on any atom is -0.496 e. The molecule has 0 heterocycles. The number of esters is 1. The van der Waals surface area contributed by atoms with E-state index in [-0.39, 0.29) is 12.5 Å². The summed E-state index contributed by atoms with van der Waals surface area (Å²) in [5, 5.41) is 2.50. The molecule has 0 saturated heterocycles. The van der Waals surface area contributed by atoms with Crippen molar-refractivity contribution < 1.29 is 23.9 Å². The molecule has 31 heavy (non-hydrogen) atoms. The highest BCUT2D eigenvalue weighted by Crippen LogP contribution is 2.20. The average molecular weight is 427 g/mol. The van der Waals surface area contributed by atoms with Crippen molar-refractivity contribution in [3.05, 3.63) is 65.7 Å². The number of hydrogen-bond acceptors (Lipinski definition) is 5. The van der Waals surface area contributed by atoms with Gasteiger partial charge in [-0.05, 0) is 45.4 Å².